The molecule has 3 saturated carbocycles. The summed E-state index contributed by atoms with van der Waals surface area (Å²) in [5.41, 5.74) is 0.633. The number of esters is 1. The minimum Gasteiger partial charge on any atom is -0.469 e. The molecule has 152 valence electrons. The molecule has 2 N–H and O–H groups in total. The average molecular weight is 386 g/mol. The average Bonchev–Trinajstić information content (AvgIpc) is 3.43. The lowest BCUT2D eigenvalue weighted by atomic mass is 9.47. The van der Waals surface area contributed by atoms with E-state index in [1.165, 1.54) is 12.7 Å². The summed E-state index contributed by atoms with van der Waals surface area (Å²) in [7, 11) is 1.43. The second-order valence-corrected chi connectivity index (χ2v) is 10.2. The number of hydrogen-bond donors (Lipinski definition) is 2. The van der Waals surface area contributed by atoms with Crippen molar-refractivity contribution in [1.29, 1.82) is 0 Å². The van der Waals surface area contributed by atoms with Crippen molar-refractivity contribution in [3.05, 3.63) is 23.3 Å². The third-order valence-electron chi connectivity index (χ3n) is 9.30. The summed E-state index contributed by atoms with van der Waals surface area (Å²) in [4.78, 5) is 25.0. The van der Waals surface area contributed by atoms with Crippen LogP contribution in [-0.2, 0) is 14.3 Å². The van der Waals surface area contributed by atoms with E-state index in [-0.39, 0.29) is 47.4 Å². The van der Waals surface area contributed by atoms with Crippen LogP contribution in [0.5, 0.6) is 0 Å². The van der Waals surface area contributed by atoms with Crippen molar-refractivity contribution in [2.75, 3.05) is 13.7 Å². The molecular formula is C23H30O5. The van der Waals surface area contributed by atoms with Gasteiger partial charge >= 0.3 is 5.97 Å². The number of methoxy groups -OCH3 is 1. The highest BCUT2D eigenvalue weighted by atomic mass is 16.5. The van der Waals surface area contributed by atoms with Crippen molar-refractivity contribution in [3.63, 3.8) is 0 Å². The number of carbonyl (C=O) groups excluding carboxylic acids is 2. The lowest BCUT2D eigenvalue weighted by molar-refractivity contribution is -0.156. The van der Waals surface area contributed by atoms with E-state index in [4.69, 9.17) is 4.74 Å². The number of aliphatic hydroxyl groups is 2. The molecular weight excluding hydrogens is 356 g/mol. The lowest BCUT2D eigenvalue weighted by Crippen LogP contribution is -2.57. The van der Waals surface area contributed by atoms with Gasteiger partial charge < -0.3 is 14.9 Å². The predicted octanol–water partition coefficient (Wildman–Crippen LogP) is 2.42. The van der Waals surface area contributed by atoms with Gasteiger partial charge in [-0.05, 0) is 55.4 Å². The standard InChI is InChI=1S/C23H30O5/c1-21-6-4-13(25)8-12(21)9-15(20(26)28-3)18-16(21)5-7-22(2)19(18)14-10-17(14)23(22,27)11-24/h5,8,14-15,17-19,24,27H,4,6-7,9-11H2,1-3H3/t14-,15-,17+,18?,19?,21+,22+,23+/m1/s1. The molecule has 5 heteroatoms. The quantitative estimate of drug-likeness (QED) is 0.562. The highest BCUT2D eigenvalue weighted by Crippen LogP contribution is 2.76. The van der Waals surface area contributed by atoms with Gasteiger partial charge in [0.05, 0.1) is 25.2 Å². The SMILES string of the molecule is COC(=O)[C@@H]1CC2=CC(=O)CC[C@]2(C)C2=CC[C@@]3(C)C(C21)[C@@H]1C[C@@H]1[C@@]3(O)CO. The smallest absolute Gasteiger partial charge is 0.309 e. The molecule has 0 aromatic rings. The van der Waals surface area contributed by atoms with E-state index in [9.17, 15) is 19.8 Å². The maximum Gasteiger partial charge on any atom is 0.309 e. The van der Waals surface area contributed by atoms with Gasteiger partial charge in [0.15, 0.2) is 5.78 Å². The summed E-state index contributed by atoms with van der Waals surface area (Å²) >= 11 is 0. The maximum atomic E-state index is 12.9. The topological polar surface area (TPSA) is 83.8 Å². The van der Waals surface area contributed by atoms with E-state index in [1.54, 1.807) is 6.08 Å². The zero-order chi connectivity index (χ0) is 20.1. The van der Waals surface area contributed by atoms with Crippen LogP contribution in [0.15, 0.2) is 23.3 Å². The molecule has 0 amide bonds. The molecule has 0 aromatic carbocycles. The van der Waals surface area contributed by atoms with Crippen LogP contribution >= 0.6 is 0 Å². The summed E-state index contributed by atoms with van der Waals surface area (Å²) in [6, 6.07) is 0. The Kier molecular flexibility index (Phi) is 3.69. The monoisotopic (exact) mass is 386 g/mol. The van der Waals surface area contributed by atoms with E-state index >= 15 is 0 Å². The Balaban J connectivity index is 1.67. The van der Waals surface area contributed by atoms with Crippen LogP contribution in [-0.4, -0.2) is 41.3 Å². The normalized spacial score (nSPS) is 51.2. The Bertz CT molecular complexity index is 827. The third kappa shape index (κ3) is 2.00. The summed E-state index contributed by atoms with van der Waals surface area (Å²) in [5.74, 6) is 0.241. The third-order valence-corrected chi connectivity index (χ3v) is 9.30. The number of ether oxygens (including phenoxy) is 1. The largest absolute Gasteiger partial charge is 0.469 e. The number of rotatable bonds is 2. The number of aliphatic hydroxyl groups excluding tert-OH is 1. The molecule has 0 spiro atoms. The predicted molar refractivity (Wildman–Crippen MR) is 102 cm³/mol. The number of ketones is 1. The van der Waals surface area contributed by atoms with Crippen LogP contribution in [0.3, 0.4) is 0 Å². The molecule has 0 bridgehead atoms. The van der Waals surface area contributed by atoms with Gasteiger partial charge in [-0.2, -0.15) is 0 Å². The highest BCUT2D eigenvalue weighted by Gasteiger charge is 2.76. The van der Waals surface area contributed by atoms with Gasteiger partial charge in [-0.25, -0.2) is 0 Å². The van der Waals surface area contributed by atoms with Crippen molar-refractivity contribution in [3.8, 4) is 0 Å². The minimum atomic E-state index is -1.08. The maximum absolute atomic E-state index is 12.9. The van der Waals surface area contributed by atoms with E-state index in [1.807, 2.05) is 0 Å². The van der Waals surface area contributed by atoms with Gasteiger partial charge in [0, 0.05) is 17.3 Å². The molecule has 0 aliphatic heterocycles. The van der Waals surface area contributed by atoms with Gasteiger partial charge in [0.2, 0.25) is 0 Å². The number of hydrogen-bond acceptors (Lipinski definition) is 5. The second-order valence-electron chi connectivity index (χ2n) is 10.2. The van der Waals surface area contributed by atoms with E-state index in [2.05, 4.69) is 19.9 Å². The fourth-order valence-corrected chi connectivity index (χ4v) is 7.65. The lowest BCUT2D eigenvalue weighted by Gasteiger charge is -2.57. The van der Waals surface area contributed by atoms with E-state index in [0.717, 1.165) is 18.4 Å². The zero-order valence-electron chi connectivity index (χ0n) is 16.9. The summed E-state index contributed by atoms with van der Waals surface area (Å²) in [6.07, 6.45) is 7.51. The Hall–Kier alpha value is -1.46. The summed E-state index contributed by atoms with van der Waals surface area (Å²) in [5, 5.41) is 21.5. The first-order valence-corrected chi connectivity index (χ1v) is 10.6. The van der Waals surface area contributed by atoms with Crippen molar-refractivity contribution in [2.45, 2.75) is 51.6 Å². The van der Waals surface area contributed by atoms with Crippen LogP contribution in [0.4, 0.5) is 0 Å². The molecule has 5 aliphatic rings. The molecule has 8 atom stereocenters. The van der Waals surface area contributed by atoms with Crippen molar-refractivity contribution >= 4 is 11.8 Å². The molecule has 3 fully saturated rings. The number of carbonyl (C=O) groups is 2. The van der Waals surface area contributed by atoms with Gasteiger partial charge in [-0.15, -0.1) is 0 Å². The summed E-state index contributed by atoms with van der Waals surface area (Å²) < 4.78 is 5.20. The Morgan fingerprint density at radius 1 is 1.36 bits per heavy atom. The number of fused-ring (bicyclic) bond motifs is 7. The molecule has 5 aliphatic carbocycles. The molecule has 5 nitrogen and oxygen atoms in total. The van der Waals surface area contributed by atoms with Crippen LogP contribution in [0, 0.1) is 40.4 Å². The van der Waals surface area contributed by atoms with Crippen molar-refractivity contribution in [2.24, 2.45) is 40.4 Å². The second kappa shape index (κ2) is 5.57. The molecule has 0 heterocycles. The van der Waals surface area contributed by atoms with E-state index < -0.39 is 11.0 Å². The van der Waals surface area contributed by atoms with Gasteiger partial charge in [-0.1, -0.05) is 31.1 Å². The fourth-order valence-electron chi connectivity index (χ4n) is 7.65. The first-order chi connectivity index (χ1) is 13.2. The van der Waals surface area contributed by atoms with Gasteiger partial charge in [-0.3, -0.25) is 9.59 Å². The Morgan fingerprint density at radius 2 is 2.11 bits per heavy atom. The van der Waals surface area contributed by atoms with E-state index in [0.29, 0.717) is 25.2 Å². The van der Waals surface area contributed by atoms with Crippen LogP contribution in [0.25, 0.3) is 0 Å². The van der Waals surface area contributed by atoms with Crippen LogP contribution in [0.1, 0.15) is 46.0 Å². The molecule has 28 heavy (non-hydrogen) atoms. The minimum absolute atomic E-state index is 0.0112. The first kappa shape index (κ1) is 18.6. The van der Waals surface area contributed by atoms with Crippen molar-refractivity contribution < 1.29 is 24.5 Å². The van der Waals surface area contributed by atoms with Crippen LogP contribution < -0.4 is 0 Å². The fraction of sp³-hybridized carbons (Fsp3) is 0.739. The highest BCUT2D eigenvalue weighted by molar-refractivity contribution is 5.92. The summed E-state index contributed by atoms with van der Waals surface area (Å²) in [6.45, 7) is 4.09. The molecule has 2 unspecified atom stereocenters. The zero-order valence-corrected chi connectivity index (χ0v) is 16.9. The Morgan fingerprint density at radius 3 is 2.79 bits per heavy atom. The van der Waals surface area contributed by atoms with Gasteiger partial charge in [0.1, 0.15) is 0 Å². The Labute approximate surface area is 165 Å². The molecule has 5 rings (SSSR count). The van der Waals surface area contributed by atoms with Gasteiger partial charge in [0.25, 0.3) is 0 Å². The van der Waals surface area contributed by atoms with Crippen molar-refractivity contribution in [1.82, 2.24) is 0 Å². The molecule has 0 saturated heterocycles. The molecule has 0 radical (unpaired) electrons. The number of allylic oxidation sites excluding steroid dienone is 4. The molecule has 0 aromatic heterocycles. The van der Waals surface area contributed by atoms with Crippen LogP contribution in [0.2, 0.25) is 0 Å². The first-order valence-electron chi connectivity index (χ1n) is 10.6.